The van der Waals surface area contributed by atoms with Crippen LogP contribution in [0.2, 0.25) is 0 Å². The van der Waals surface area contributed by atoms with E-state index in [2.05, 4.69) is 0 Å². The standard InChI is InChI=1S/C4H5F6NO/c1-2(12)11(3(5,6)7)4(8,9)10/h2,12H,1H3. The van der Waals surface area contributed by atoms with E-state index in [-0.39, 0.29) is 0 Å². The minimum atomic E-state index is -5.62. The first kappa shape index (κ1) is 11.5. The molecule has 0 spiro atoms. The van der Waals surface area contributed by atoms with Gasteiger partial charge in [-0.25, -0.2) is 0 Å². The van der Waals surface area contributed by atoms with E-state index in [4.69, 9.17) is 5.11 Å². The molecule has 0 fully saturated rings. The minimum absolute atomic E-state index is 0.376. The topological polar surface area (TPSA) is 23.5 Å². The van der Waals surface area contributed by atoms with Crippen LogP contribution in [0.25, 0.3) is 0 Å². The zero-order valence-corrected chi connectivity index (χ0v) is 5.74. The van der Waals surface area contributed by atoms with E-state index in [1.165, 1.54) is 0 Å². The fourth-order valence-corrected chi connectivity index (χ4v) is 0.567. The van der Waals surface area contributed by atoms with Crippen molar-refractivity contribution in [3.63, 3.8) is 0 Å². The number of hydrogen-bond acceptors (Lipinski definition) is 2. The van der Waals surface area contributed by atoms with Gasteiger partial charge in [0.2, 0.25) is 0 Å². The van der Waals surface area contributed by atoms with Crippen LogP contribution in [0.1, 0.15) is 6.92 Å². The molecule has 0 aromatic carbocycles. The first-order chi connectivity index (χ1) is 5.07. The van der Waals surface area contributed by atoms with Crippen LogP contribution in [0, 0.1) is 0 Å². The summed E-state index contributed by atoms with van der Waals surface area (Å²) in [6.07, 6.45) is -13.9. The van der Waals surface area contributed by atoms with Crippen LogP contribution in [-0.2, 0) is 0 Å². The van der Waals surface area contributed by atoms with Crippen molar-refractivity contribution in [3.05, 3.63) is 0 Å². The Balaban J connectivity index is 4.70. The molecule has 0 aliphatic rings. The van der Waals surface area contributed by atoms with Gasteiger partial charge in [-0.3, -0.25) is 0 Å². The van der Waals surface area contributed by atoms with Gasteiger partial charge in [0, 0.05) is 0 Å². The van der Waals surface area contributed by atoms with Gasteiger partial charge < -0.3 is 5.11 Å². The maximum Gasteiger partial charge on any atom is 0.469 e. The molecule has 2 nitrogen and oxygen atoms in total. The summed E-state index contributed by atoms with van der Waals surface area (Å²) in [5, 5.41) is 8.17. The van der Waals surface area contributed by atoms with Crippen LogP contribution < -0.4 is 0 Å². The molecule has 0 aromatic heterocycles. The molecule has 12 heavy (non-hydrogen) atoms. The molecule has 0 aliphatic heterocycles. The quantitative estimate of drug-likeness (QED) is 0.392. The molecular formula is C4H5F6NO. The van der Waals surface area contributed by atoms with Gasteiger partial charge in [-0.15, -0.1) is 0 Å². The molecule has 0 radical (unpaired) electrons. The lowest BCUT2D eigenvalue weighted by Gasteiger charge is -2.28. The summed E-state index contributed by atoms with van der Waals surface area (Å²) in [5.41, 5.74) is 0. The Labute approximate surface area is 63.4 Å². The lowest BCUT2D eigenvalue weighted by molar-refractivity contribution is -0.401. The van der Waals surface area contributed by atoms with Crippen LogP contribution in [0.15, 0.2) is 0 Å². The van der Waals surface area contributed by atoms with Crippen molar-refractivity contribution < 1.29 is 31.4 Å². The molecule has 8 heteroatoms. The second-order valence-electron chi connectivity index (χ2n) is 1.94. The van der Waals surface area contributed by atoms with Gasteiger partial charge in [-0.1, -0.05) is 4.90 Å². The van der Waals surface area contributed by atoms with E-state index in [1.807, 2.05) is 0 Å². The molecule has 0 saturated carbocycles. The van der Waals surface area contributed by atoms with Gasteiger partial charge in [0.1, 0.15) is 6.23 Å². The van der Waals surface area contributed by atoms with E-state index in [9.17, 15) is 26.3 Å². The van der Waals surface area contributed by atoms with Crippen molar-refractivity contribution in [2.45, 2.75) is 25.8 Å². The van der Waals surface area contributed by atoms with Gasteiger partial charge in [0.05, 0.1) is 0 Å². The Hall–Kier alpha value is -0.500. The van der Waals surface area contributed by atoms with Crippen molar-refractivity contribution in [2.24, 2.45) is 0 Å². The number of alkyl halides is 6. The molecule has 0 amide bonds. The molecule has 0 aliphatic carbocycles. The Morgan fingerprint density at radius 1 is 1.00 bits per heavy atom. The van der Waals surface area contributed by atoms with Crippen LogP contribution in [0.4, 0.5) is 26.3 Å². The second-order valence-corrected chi connectivity index (χ2v) is 1.94. The molecule has 74 valence electrons. The molecule has 1 N–H and O–H groups in total. The number of halogens is 6. The summed E-state index contributed by atoms with van der Waals surface area (Å²) < 4.78 is 69.1. The average molecular weight is 197 g/mol. The van der Waals surface area contributed by atoms with Gasteiger partial charge in [0.25, 0.3) is 0 Å². The van der Waals surface area contributed by atoms with Crippen molar-refractivity contribution in [1.29, 1.82) is 0 Å². The Morgan fingerprint density at radius 3 is 1.25 bits per heavy atom. The normalized spacial score (nSPS) is 16.8. The van der Waals surface area contributed by atoms with E-state index in [1.54, 1.807) is 0 Å². The first-order valence-electron chi connectivity index (χ1n) is 2.67. The number of hydrogen-bond donors (Lipinski definition) is 1. The summed E-state index contributed by atoms with van der Waals surface area (Å²) in [7, 11) is 0. The highest BCUT2D eigenvalue weighted by molar-refractivity contribution is 4.63. The molecule has 0 bridgehead atoms. The largest absolute Gasteiger partial charge is 0.469 e. The molecule has 0 aromatic rings. The highest BCUT2D eigenvalue weighted by Crippen LogP contribution is 2.34. The minimum Gasteiger partial charge on any atom is -0.378 e. The van der Waals surface area contributed by atoms with Gasteiger partial charge >= 0.3 is 12.6 Å². The summed E-state index contributed by atoms with van der Waals surface area (Å²) in [5.74, 6) is 0. The highest BCUT2D eigenvalue weighted by Gasteiger charge is 2.56. The Morgan fingerprint density at radius 2 is 1.25 bits per heavy atom. The third kappa shape index (κ3) is 2.86. The van der Waals surface area contributed by atoms with Gasteiger partial charge in [-0.2, -0.15) is 26.3 Å². The van der Waals surface area contributed by atoms with Crippen LogP contribution >= 0.6 is 0 Å². The zero-order chi connectivity index (χ0) is 10.2. The summed E-state index contributed by atoms with van der Waals surface area (Å²) in [4.78, 5) is -1.90. The number of aliphatic hydroxyl groups is 1. The average Bonchev–Trinajstić information content (AvgIpc) is 1.49. The van der Waals surface area contributed by atoms with Crippen molar-refractivity contribution in [3.8, 4) is 0 Å². The predicted molar refractivity (Wildman–Crippen MR) is 25.6 cm³/mol. The van der Waals surface area contributed by atoms with Crippen LogP contribution in [-0.4, -0.2) is 28.8 Å². The molecule has 0 heterocycles. The molecule has 1 atom stereocenters. The van der Waals surface area contributed by atoms with Crippen molar-refractivity contribution in [1.82, 2.24) is 4.90 Å². The van der Waals surface area contributed by atoms with Crippen LogP contribution in [0.5, 0.6) is 0 Å². The van der Waals surface area contributed by atoms with E-state index in [0.717, 1.165) is 0 Å². The first-order valence-corrected chi connectivity index (χ1v) is 2.67. The van der Waals surface area contributed by atoms with Crippen molar-refractivity contribution >= 4 is 0 Å². The van der Waals surface area contributed by atoms with Crippen molar-refractivity contribution in [2.75, 3.05) is 0 Å². The Bertz CT molecular complexity index is 135. The van der Waals surface area contributed by atoms with E-state index in [0.29, 0.717) is 6.92 Å². The Kier molecular flexibility index (Phi) is 2.97. The van der Waals surface area contributed by atoms with Crippen LogP contribution in [0.3, 0.4) is 0 Å². The summed E-state index contributed by atoms with van der Waals surface area (Å²) >= 11 is 0. The predicted octanol–water partition coefficient (Wildman–Crippen LogP) is 1.67. The maximum atomic E-state index is 11.5. The molecule has 0 rings (SSSR count). The fourth-order valence-electron chi connectivity index (χ4n) is 0.567. The highest BCUT2D eigenvalue weighted by atomic mass is 19.4. The van der Waals surface area contributed by atoms with E-state index < -0.39 is 23.7 Å². The second kappa shape index (κ2) is 3.09. The molecular weight excluding hydrogens is 192 g/mol. The monoisotopic (exact) mass is 197 g/mol. The lowest BCUT2D eigenvalue weighted by Crippen LogP contribution is -2.52. The smallest absolute Gasteiger partial charge is 0.378 e. The third-order valence-corrected chi connectivity index (χ3v) is 0.920. The third-order valence-electron chi connectivity index (χ3n) is 0.920. The maximum absolute atomic E-state index is 11.5. The SMILES string of the molecule is CC(O)N(C(F)(F)F)C(F)(F)F. The lowest BCUT2D eigenvalue weighted by atomic mass is 10.5. The summed E-state index contributed by atoms with van der Waals surface area (Å²) in [6, 6.07) is 0. The fraction of sp³-hybridized carbons (Fsp3) is 1.00. The number of nitrogens with zero attached hydrogens (tertiary/aromatic N) is 1. The van der Waals surface area contributed by atoms with Gasteiger partial charge in [0.15, 0.2) is 0 Å². The summed E-state index contributed by atoms with van der Waals surface area (Å²) in [6.45, 7) is 0.376. The molecule has 1 unspecified atom stereocenters. The number of rotatable bonds is 1. The number of aliphatic hydroxyl groups excluding tert-OH is 1. The van der Waals surface area contributed by atoms with E-state index >= 15 is 0 Å². The van der Waals surface area contributed by atoms with Gasteiger partial charge in [-0.05, 0) is 6.92 Å². The molecule has 0 saturated heterocycles. The zero-order valence-electron chi connectivity index (χ0n) is 5.74.